The molecule has 0 heterocycles. The van der Waals surface area contributed by atoms with E-state index in [9.17, 15) is 4.79 Å². The van der Waals surface area contributed by atoms with E-state index in [1.165, 1.54) is 0 Å². The molecule has 0 aliphatic heterocycles. The normalized spacial score (nSPS) is 11.5. The Bertz CT molecular complexity index is 672. The molecule has 0 aliphatic rings. The summed E-state index contributed by atoms with van der Waals surface area (Å²) in [5.74, 6) is 1.77. The van der Waals surface area contributed by atoms with E-state index in [2.05, 4.69) is 5.32 Å². The second-order valence-corrected chi connectivity index (χ2v) is 5.23. The Morgan fingerprint density at radius 2 is 1.79 bits per heavy atom. The van der Waals surface area contributed by atoms with Gasteiger partial charge in [0.25, 0.3) is 5.91 Å². The number of ether oxygens (including phenoxy) is 3. The van der Waals surface area contributed by atoms with Gasteiger partial charge in [-0.3, -0.25) is 4.79 Å². The van der Waals surface area contributed by atoms with Crippen LogP contribution in [0.15, 0.2) is 48.5 Å². The number of para-hydroxylation sites is 2. The molecule has 0 bridgehead atoms. The molecule has 5 nitrogen and oxygen atoms in total. The number of amides is 1. The van der Waals surface area contributed by atoms with Gasteiger partial charge in [-0.05, 0) is 36.2 Å². The Balaban J connectivity index is 1.98. The maximum absolute atomic E-state index is 12.4. The number of hydrogen-bond donors (Lipinski definition) is 1. The highest BCUT2D eigenvalue weighted by Gasteiger charge is 2.19. The average Bonchev–Trinajstić information content (AvgIpc) is 2.64. The van der Waals surface area contributed by atoms with Crippen molar-refractivity contribution in [3.63, 3.8) is 0 Å². The lowest BCUT2D eigenvalue weighted by molar-refractivity contribution is -0.128. The summed E-state index contributed by atoms with van der Waals surface area (Å²) in [4.78, 5) is 12.4. The Hall–Kier alpha value is -2.69. The molecular formula is C19H23NO4. The number of benzene rings is 2. The van der Waals surface area contributed by atoms with E-state index >= 15 is 0 Å². The summed E-state index contributed by atoms with van der Waals surface area (Å²) in [6, 6.07) is 14.9. The fraction of sp³-hybridized carbons (Fsp3) is 0.316. The number of hydrogen-bond acceptors (Lipinski definition) is 4. The first-order valence-corrected chi connectivity index (χ1v) is 7.88. The van der Waals surface area contributed by atoms with Crippen LogP contribution in [0.3, 0.4) is 0 Å². The Labute approximate surface area is 142 Å². The van der Waals surface area contributed by atoms with Gasteiger partial charge in [-0.1, -0.05) is 31.2 Å². The third-order valence-electron chi connectivity index (χ3n) is 3.60. The highest BCUT2D eigenvalue weighted by Crippen LogP contribution is 2.27. The van der Waals surface area contributed by atoms with Crippen LogP contribution in [-0.4, -0.2) is 26.2 Å². The summed E-state index contributed by atoms with van der Waals surface area (Å²) >= 11 is 0. The monoisotopic (exact) mass is 329 g/mol. The van der Waals surface area contributed by atoms with Crippen LogP contribution in [-0.2, 0) is 11.3 Å². The topological polar surface area (TPSA) is 56.8 Å². The standard InChI is InChI=1S/C19H23NO4/c1-4-16(24-18-11-6-5-10-17(18)23-3)19(21)20-13-14-8-7-9-15(12-14)22-2/h5-12,16H,4,13H2,1-3H3,(H,20,21). The zero-order valence-corrected chi connectivity index (χ0v) is 14.2. The first kappa shape index (κ1) is 17.7. The minimum atomic E-state index is -0.577. The molecule has 2 aromatic carbocycles. The maximum Gasteiger partial charge on any atom is 0.261 e. The average molecular weight is 329 g/mol. The number of methoxy groups -OCH3 is 2. The van der Waals surface area contributed by atoms with Gasteiger partial charge >= 0.3 is 0 Å². The Morgan fingerprint density at radius 1 is 1.04 bits per heavy atom. The maximum atomic E-state index is 12.4. The van der Waals surface area contributed by atoms with Crippen LogP contribution in [0.4, 0.5) is 0 Å². The van der Waals surface area contributed by atoms with Gasteiger partial charge in [0.05, 0.1) is 14.2 Å². The molecule has 0 aromatic heterocycles. The highest BCUT2D eigenvalue weighted by atomic mass is 16.5. The van der Waals surface area contributed by atoms with Crippen LogP contribution in [0.1, 0.15) is 18.9 Å². The summed E-state index contributed by atoms with van der Waals surface area (Å²) in [6.45, 7) is 2.33. The second-order valence-electron chi connectivity index (χ2n) is 5.23. The van der Waals surface area contributed by atoms with Crippen molar-refractivity contribution in [2.75, 3.05) is 14.2 Å². The molecule has 0 radical (unpaired) electrons. The molecule has 0 fully saturated rings. The molecule has 0 saturated heterocycles. The molecule has 1 atom stereocenters. The Morgan fingerprint density at radius 3 is 2.46 bits per heavy atom. The van der Waals surface area contributed by atoms with Crippen molar-refractivity contribution >= 4 is 5.91 Å². The summed E-state index contributed by atoms with van der Waals surface area (Å²) in [5.41, 5.74) is 0.967. The van der Waals surface area contributed by atoms with Crippen LogP contribution in [0.2, 0.25) is 0 Å². The zero-order chi connectivity index (χ0) is 17.4. The van der Waals surface area contributed by atoms with Crippen LogP contribution in [0.25, 0.3) is 0 Å². The van der Waals surface area contributed by atoms with E-state index in [1.54, 1.807) is 26.4 Å². The van der Waals surface area contributed by atoms with Crippen molar-refractivity contribution < 1.29 is 19.0 Å². The van der Waals surface area contributed by atoms with Gasteiger partial charge in [0.2, 0.25) is 0 Å². The van der Waals surface area contributed by atoms with Gasteiger partial charge in [0.15, 0.2) is 17.6 Å². The van der Waals surface area contributed by atoms with Crippen molar-refractivity contribution in [1.82, 2.24) is 5.32 Å². The molecule has 2 aromatic rings. The van der Waals surface area contributed by atoms with Gasteiger partial charge in [0, 0.05) is 6.54 Å². The number of rotatable bonds is 8. The molecule has 1 amide bonds. The number of carbonyl (C=O) groups excluding carboxylic acids is 1. The van der Waals surface area contributed by atoms with E-state index in [-0.39, 0.29) is 5.91 Å². The lowest BCUT2D eigenvalue weighted by Gasteiger charge is -2.19. The number of nitrogens with one attached hydrogen (secondary N) is 1. The summed E-state index contributed by atoms with van der Waals surface area (Å²) in [6.07, 6.45) is -0.0194. The van der Waals surface area contributed by atoms with E-state index in [0.717, 1.165) is 11.3 Å². The second kappa shape index (κ2) is 8.82. The zero-order valence-electron chi connectivity index (χ0n) is 14.2. The summed E-state index contributed by atoms with van der Waals surface area (Å²) in [5, 5.41) is 2.90. The third-order valence-corrected chi connectivity index (χ3v) is 3.60. The van der Waals surface area contributed by atoms with Gasteiger partial charge in [-0.2, -0.15) is 0 Å². The molecule has 0 spiro atoms. The van der Waals surface area contributed by atoms with Gasteiger partial charge < -0.3 is 19.5 Å². The first-order valence-electron chi connectivity index (χ1n) is 7.88. The third kappa shape index (κ3) is 4.65. The van der Waals surface area contributed by atoms with Gasteiger partial charge in [0.1, 0.15) is 5.75 Å². The fourth-order valence-electron chi connectivity index (χ4n) is 2.28. The minimum absolute atomic E-state index is 0.161. The summed E-state index contributed by atoms with van der Waals surface area (Å²) in [7, 11) is 3.19. The minimum Gasteiger partial charge on any atom is -0.497 e. The van der Waals surface area contributed by atoms with Crippen molar-refractivity contribution in [3.05, 3.63) is 54.1 Å². The van der Waals surface area contributed by atoms with Crippen molar-refractivity contribution in [3.8, 4) is 17.2 Å². The van der Waals surface area contributed by atoms with E-state index < -0.39 is 6.10 Å². The molecule has 2 rings (SSSR count). The van der Waals surface area contributed by atoms with Crippen LogP contribution in [0, 0.1) is 0 Å². The summed E-state index contributed by atoms with van der Waals surface area (Å²) < 4.78 is 16.3. The van der Waals surface area contributed by atoms with Crippen molar-refractivity contribution in [1.29, 1.82) is 0 Å². The molecule has 0 saturated carbocycles. The van der Waals surface area contributed by atoms with Crippen LogP contribution in [0.5, 0.6) is 17.2 Å². The molecule has 0 aliphatic carbocycles. The van der Waals surface area contributed by atoms with Gasteiger partial charge in [-0.25, -0.2) is 0 Å². The molecule has 5 heteroatoms. The molecule has 1 N–H and O–H groups in total. The van der Waals surface area contributed by atoms with Crippen LogP contribution < -0.4 is 19.5 Å². The van der Waals surface area contributed by atoms with Crippen LogP contribution >= 0.6 is 0 Å². The lowest BCUT2D eigenvalue weighted by atomic mass is 10.2. The lowest BCUT2D eigenvalue weighted by Crippen LogP contribution is -2.37. The predicted molar refractivity (Wildman–Crippen MR) is 92.5 cm³/mol. The van der Waals surface area contributed by atoms with E-state index in [4.69, 9.17) is 14.2 Å². The van der Waals surface area contributed by atoms with Crippen molar-refractivity contribution in [2.24, 2.45) is 0 Å². The SMILES string of the molecule is CCC(Oc1ccccc1OC)C(=O)NCc1cccc(OC)c1. The fourth-order valence-corrected chi connectivity index (χ4v) is 2.28. The largest absolute Gasteiger partial charge is 0.497 e. The molecule has 1 unspecified atom stereocenters. The van der Waals surface area contributed by atoms with E-state index in [0.29, 0.717) is 24.5 Å². The smallest absolute Gasteiger partial charge is 0.261 e. The van der Waals surface area contributed by atoms with Crippen molar-refractivity contribution in [2.45, 2.75) is 26.0 Å². The Kier molecular flexibility index (Phi) is 6.49. The highest BCUT2D eigenvalue weighted by molar-refractivity contribution is 5.81. The number of carbonyl (C=O) groups is 1. The van der Waals surface area contributed by atoms with Gasteiger partial charge in [-0.15, -0.1) is 0 Å². The molecule has 24 heavy (non-hydrogen) atoms. The molecule has 128 valence electrons. The first-order chi connectivity index (χ1) is 11.7. The molecular weight excluding hydrogens is 306 g/mol. The predicted octanol–water partition coefficient (Wildman–Crippen LogP) is 3.18. The van der Waals surface area contributed by atoms with E-state index in [1.807, 2.05) is 43.3 Å². The quantitative estimate of drug-likeness (QED) is 0.808.